The molecule has 2 saturated heterocycles. The molecule has 1 atom stereocenters. The van der Waals surface area contributed by atoms with Crippen molar-refractivity contribution >= 4 is 17.3 Å². The monoisotopic (exact) mass is 437 g/mol. The van der Waals surface area contributed by atoms with Crippen LogP contribution in [0.5, 0.6) is 0 Å². The maximum atomic E-state index is 13.0. The van der Waals surface area contributed by atoms with Crippen LogP contribution in [0.15, 0.2) is 54.6 Å². The van der Waals surface area contributed by atoms with E-state index in [-0.39, 0.29) is 11.9 Å². The zero-order valence-electron chi connectivity index (χ0n) is 19.6. The first-order chi connectivity index (χ1) is 15.6. The Kier molecular flexibility index (Phi) is 7.66. The average Bonchev–Trinajstić information content (AvgIpc) is 2.85. The van der Waals surface area contributed by atoms with Gasteiger partial charge in [-0.05, 0) is 38.1 Å². The highest BCUT2D eigenvalue weighted by Crippen LogP contribution is 2.19. The molecular weight excluding hydrogens is 398 g/mol. The molecule has 1 amide bonds. The summed E-state index contributed by atoms with van der Waals surface area (Å²) in [5.41, 5.74) is 3.66. The lowest BCUT2D eigenvalue weighted by molar-refractivity contribution is -0.917. The van der Waals surface area contributed by atoms with Gasteiger partial charge in [-0.25, -0.2) is 0 Å². The first-order valence-electron chi connectivity index (χ1n) is 12.2. The van der Waals surface area contributed by atoms with Crippen molar-refractivity contribution in [1.29, 1.82) is 0 Å². The minimum absolute atomic E-state index is 0.200. The normalized spacial score (nSPS) is 19.1. The van der Waals surface area contributed by atoms with Crippen LogP contribution < -0.4 is 20.0 Å². The summed E-state index contributed by atoms with van der Waals surface area (Å²) in [6.07, 6.45) is 0. The Hall–Kier alpha value is -2.57. The van der Waals surface area contributed by atoms with Crippen molar-refractivity contribution in [1.82, 2.24) is 4.90 Å². The van der Waals surface area contributed by atoms with Gasteiger partial charge in [0.2, 0.25) is 5.91 Å². The van der Waals surface area contributed by atoms with E-state index in [4.69, 9.17) is 0 Å². The Morgan fingerprint density at radius 3 is 2.16 bits per heavy atom. The van der Waals surface area contributed by atoms with Crippen molar-refractivity contribution < 1.29 is 14.6 Å². The van der Waals surface area contributed by atoms with Gasteiger partial charge in [-0.15, -0.1) is 0 Å². The van der Waals surface area contributed by atoms with Crippen LogP contribution in [-0.2, 0) is 11.3 Å². The van der Waals surface area contributed by atoms with E-state index in [0.29, 0.717) is 0 Å². The molecule has 172 valence electrons. The topological polar surface area (TPSA) is 44.5 Å². The Morgan fingerprint density at radius 1 is 0.906 bits per heavy atom. The second-order valence-electron chi connectivity index (χ2n) is 9.24. The van der Waals surface area contributed by atoms with Crippen molar-refractivity contribution in [2.75, 3.05) is 69.1 Å². The predicted molar refractivity (Wildman–Crippen MR) is 130 cm³/mol. The van der Waals surface area contributed by atoms with Gasteiger partial charge in [0.05, 0.1) is 58.9 Å². The molecule has 3 N–H and O–H groups in total. The Bertz CT molecular complexity index is 840. The number of hydrogen-bond donors (Lipinski definition) is 3. The molecule has 0 aliphatic carbocycles. The number of rotatable bonds is 7. The van der Waals surface area contributed by atoms with Gasteiger partial charge in [-0.3, -0.25) is 4.79 Å². The maximum Gasteiger partial charge on any atom is 0.245 e. The lowest BCUT2D eigenvalue weighted by atomic mass is 10.2. The standard InChI is InChI=1S/C26H37N5O/c1-3-28-13-17-30(18-14-28)25-11-9-24(10-12-25)27-22(2)26(32)31-19-15-29(16-20-31)21-23-7-5-4-6-8-23/h4-12,22,27H,3,13-21H2,1-2H3/p+2/t22-/m0/s1. The molecule has 2 heterocycles. The second kappa shape index (κ2) is 10.8. The molecule has 2 aliphatic rings. The number of carbonyl (C=O) groups is 1. The van der Waals surface area contributed by atoms with E-state index in [9.17, 15) is 4.79 Å². The summed E-state index contributed by atoms with van der Waals surface area (Å²) in [6.45, 7) is 14.8. The quantitative estimate of drug-likeness (QED) is 0.578. The summed E-state index contributed by atoms with van der Waals surface area (Å²) in [5.74, 6) is 0.200. The smallest absolute Gasteiger partial charge is 0.245 e. The molecule has 2 aromatic carbocycles. The molecule has 2 fully saturated rings. The highest BCUT2D eigenvalue weighted by atomic mass is 16.2. The van der Waals surface area contributed by atoms with E-state index >= 15 is 0 Å². The van der Waals surface area contributed by atoms with Crippen molar-refractivity contribution in [2.24, 2.45) is 0 Å². The predicted octanol–water partition coefficient (Wildman–Crippen LogP) is 0.139. The fourth-order valence-corrected chi connectivity index (χ4v) is 4.89. The first kappa shape index (κ1) is 22.6. The number of anilines is 2. The van der Waals surface area contributed by atoms with E-state index in [1.807, 2.05) is 11.8 Å². The van der Waals surface area contributed by atoms with Crippen LogP contribution in [-0.4, -0.2) is 75.8 Å². The minimum Gasteiger partial charge on any atom is -0.374 e. The Morgan fingerprint density at radius 2 is 1.53 bits per heavy atom. The Labute approximate surface area is 192 Å². The molecule has 2 aromatic rings. The molecular formula is C26H39N5O+2. The lowest BCUT2D eigenvalue weighted by Gasteiger charge is -2.34. The van der Waals surface area contributed by atoms with Gasteiger partial charge in [0.1, 0.15) is 12.6 Å². The summed E-state index contributed by atoms with van der Waals surface area (Å²) < 4.78 is 0. The third kappa shape index (κ3) is 5.81. The third-order valence-corrected chi connectivity index (χ3v) is 7.04. The highest BCUT2D eigenvalue weighted by Gasteiger charge is 2.27. The molecule has 0 aromatic heterocycles. The van der Waals surface area contributed by atoms with Gasteiger partial charge in [-0.2, -0.15) is 0 Å². The van der Waals surface area contributed by atoms with Gasteiger partial charge in [0.15, 0.2) is 0 Å². The third-order valence-electron chi connectivity index (χ3n) is 7.04. The fraction of sp³-hybridized carbons (Fsp3) is 0.500. The molecule has 0 saturated carbocycles. The fourth-order valence-electron chi connectivity index (χ4n) is 4.89. The second-order valence-corrected chi connectivity index (χ2v) is 9.24. The number of amides is 1. The van der Waals surface area contributed by atoms with Crippen LogP contribution in [0.4, 0.5) is 11.4 Å². The molecule has 0 radical (unpaired) electrons. The summed E-state index contributed by atoms with van der Waals surface area (Å²) in [6, 6.07) is 19.0. The van der Waals surface area contributed by atoms with Gasteiger partial charge in [-0.1, -0.05) is 30.3 Å². The summed E-state index contributed by atoms with van der Waals surface area (Å²) >= 11 is 0. The van der Waals surface area contributed by atoms with E-state index in [1.165, 1.54) is 30.9 Å². The molecule has 6 heteroatoms. The molecule has 2 aliphatic heterocycles. The summed E-state index contributed by atoms with van der Waals surface area (Å²) in [7, 11) is 0. The number of benzene rings is 2. The number of likely N-dealkylation sites (N-methyl/N-ethyl adjacent to an activating group) is 1. The zero-order chi connectivity index (χ0) is 22.3. The minimum atomic E-state index is -0.215. The summed E-state index contributed by atoms with van der Waals surface area (Å²) in [5, 5.41) is 3.42. The first-order valence-corrected chi connectivity index (χ1v) is 12.2. The lowest BCUT2D eigenvalue weighted by Crippen LogP contribution is -3.14. The number of nitrogens with zero attached hydrogens (tertiary/aromatic N) is 2. The van der Waals surface area contributed by atoms with Crippen LogP contribution in [0.3, 0.4) is 0 Å². The van der Waals surface area contributed by atoms with Crippen LogP contribution in [0.2, 0.25) is 0 Å². The van der Waals surface area contributed by atoms with E-state index in [2.05, 4.69) is 71.7 Å². The van der Waals surface area contributed by atoms with E-state index in [0.717, 1.165) is 51.5 Å². The van der Waals surface area contributed by atoms with E-state index < -0.39 is 0 Å². The summed E-state index contributed by atoms with van der Waals surface area (Å²) in [4.78, 5) is 20.7. The zero-order valence-corrected chi connectivity index (χ0v) is 19.6. The molecule has 0 unspecified atom stereocenters. The van der Waals surface area contributed by atoms with E-state index in [1.54, 1.807) is 9.80 Å². The van der Waals surface area contributed by atoms with Crippen molar-refractivity contribution in [3.63, 3.8) is 0 Å². The molecule has 32 heavy (non-hydrogen) atoms. The molecule has 0 bridgehead atoms. The Balaban J connectivity index is 1.23. The van der Waals surface area contributed by atoms with Crippen LogP contribution in [0.25, 0.3) is 0 Å². The number of quaternary nitrogens is 2. The van der Waals surface area contributed by atoms with Crippen LogP contribution in [0, 0.1) is 0 Å². The number of hydrogen-bond acceptors (Lipinski definition) is 3. The molecule has 0 spiro atoms. The number of piperazine rings is 2. The van der Waals surface area contributed by atoms with Crippen molar-refractivity contribution in [3.05, 3.63) is 60.2 Å². The van der Waals surface area contributed by atoms with Gasteiger partial charge >= 0.3 is 0 Å². The maximum absolute atomic E-state index is 13.0. The SMILES string of the molecule is CC[NH+]1CCN(c2ccc(N[C@@H](C)C(=O)N3CC[NH+](Cc4ccccc4)CC3)cc2)CC1. The van der Waals surface area contributed by atoms with Crippen LogP contribution in [0.1, 0.15) is 19.4 Å². The van der Waals surface area contributed by atoms with Crippen molar-refractivity contribution in [3.8, 4) is 0 Å². The van der Waals surface area contributed by atoms with Crippen LogP contribution >= 0.6 is 0 Å². The number of nitrogens with one attached hydrogen (secondary N) is 3. The molecule has 6 nitrogen and oxygen atoms in total. The van der Waals surface area contributed by atoms with Gasteiger partial charge in [0, 0.05) is 16.9 Å². The average molecular weight is 438 g/mol. The number of carbonyl (C=O) groups excluding carboxylic acids is 1. The van der Waals surface area contributed by atoms with Gasteiger partial charge in [0.25, 0.3) is 0 Å². The largest absolute Gasteiger partial charge is 0.374 e. The molecule has 4 rings (SSSR count). The van der Waals surface area contributed by atoms with Gasteiger partial charge < -0.3 is 24.9 Å². The van der Waals surface area contributed by atoms with Crippen molar-refractivity contribution in [2.45, 2.75) is 26.4 Å². The highest BCUT2D eigenvalue weighted by molar-refractivity contribution is 5.84.